The number of carbonyl (C=O) groups is 2. The van der Waals surface area contributed by atoms with Gasteiger partial charge in [0, 0.05) is 29.3 Å². The lowest BCUT2D eigenvalue weighted by atomic mass is 9.52. The summed E-state index contributed by atoms with van der Waals surface area (Å²) in [5.41, 5.74) is 0.408. The van der Waals surface area contributed by atoms with Crippen molar-refractivity contribution in [3.8, 4) is 0 Å². The number of aliphatic hydroxyl groups is 1. The number of rotatable bonds is 7. The maximum absolute atomic E-state index is 12.9. The summed E-state index contributed by atoms with van der Waals surface area (Å²) in [6, 6.07) is 8.74. The molecule has 1 aromatic carbocycles. The van der Waals surface area contributed by atoms with E-state index >= 15 is 0 Å². The first-order chi connectivity index (χ1) is 14.9. The molecule has 1 heterocycles. The topological polar surface area (TPSA) is 78.4 Å². The Hall–Kier alpha value is -1.53. The molecule has 1 aliphatic heterocycles. The van der Waals surface area contributed by atoms with Crippen molar-refractivity contribution in [3.63, 3.8) is 0 Å². The van der Waals surface area contributed by atoms with Crippen molar-refractivity contribution in [1.29, 1.82) is 0 Å². The summed E-state index contributed by atoms with van der Waals surface area (Å²) in [6.45, 7) is 0. The van der Waals surface area contributed by atoms with Gasteiger partial charge in [-0.15, -0.1) is 11.8 Å². The molecule has 168 valence electrons. The van der Waals surface area contributed by atoms with Crippen molar-refractivity contribution < 1.29 is 14.7 Å². The van der Waals surface area contributed by atoms with Crippen LogP contribution in [-0.2, 0) is 16.0 Å². The zero-order chi connectivity index (χ0) is 21.6. The molecule has 3 atom stereocenters. The first kappa shape index (κ1) is 21.3. The standard InChI is InChI=1S/C25H34N2O3S/c1-31-20-4-2-16(3-5-20)12-24(9-7-22(29)27-24)8-6-21(28)26-23-18-10-17-11-19(23)15-25(30,13-17)14-18/h2-5,17-19,23,30H,6-15H2,1H3,(H,26,28)(H,27,29)/t17?,18-,19-,23?,24+,25?/m0/s1. The van der Waals surface area contributed by atoms with E-state index in [1.165, 1.54) is 10.5 Å². The van der Waals surface area contributed by atoms with Gasteiger partial charge in [-0.25, -0.2) is 0 Å². The van der Waals surface area contributed by atoms with Crippen LogP contribution in [0.1, 0.15) is 63.4 Å². The summed E-state index contributed by atoms with van der Waals surface area (Å²) in [5, 5.41) is 17.3. The molecule has 4 bridgehead atoms. The van der Waals surface area contributed by atoms with Gasteiger partial charge in [0.25, 0.3) is 0 Å². The number of hydrogen-bond donors (Lipinski definition) is 3. The van der Waals surface area contributed by atoms with Gasteiger partial charge < -0.3 is 15.7 Å². The quantitative estimate of drug-likeness (QED) is 0.566. The summed E-state index contributed by atoms with van der Waals surface area (Å²) in [7, 11) is 0. The summed E-state index contributed by atoms with van der Waals surface area (Å²) < 4.78 is 0. The minimum Gasteiger partial charge on any atom is -0.390 e. The number of benzene rings is 1. The maximum atomic E-state index is 12.9. The highest BCUT2D eigenvalue weighted by Crippen LogP contribution is 2.55. The van der Waals surface area contributed by atoms with Crippen LogP contribution >= 0.6 is 11.8 Å². The van der Waals surface area contributed by atoms with E-state index in [4.69, 9.17) is 0 Å². The molecule has 0 spiro atoms. The second-order valence-corrected chi connectivity index (χ2v) is 11.5. The monoisotopic (exact) mass is 442 g/mol. The molecule has 5 nitrogen and oxygen atoms in total. The Balaban J connectivity index is 1.20. The van der Waals surface area contributed by atoms with E-state index in [2.05, 4.69) is 41.2 Å². The zero-order valence-corrected chi connectivity index (χ0v) is 19.2. The smallest absolute Gasteiger partial charge is 0.220 e. The maximum Gasteiger partial charge on any atom is 0.220 e. The van der Waals surface area contributed by atoms with Crippen LogP contribution in [-0.4, -0.2) is 40.4 Å². The molecule has 4 saturated carbocycles. The van der Waals surface area contributed by atoms with Gasteiger partial charge in [0.2, 0.25) is 11.8 Å². The molecule has 31 heavy (non-hydrogen) atoms. The Labute approximate surface area is 189 Å². The predicted octanol–water partition coefficient (Wildman–Crippen LogP) is 3.44. The average molecular weight is 443 g/mol. The van der Waals surface area contributed by atoms with Crippen LogP contribution in [0.25, 0.3) is 0 Å². The van der Waals surface area contributed by atoms with Gasteiger partial charge in [-0.05, 0) is 93.1 Å². The number of amides is 2. The molecule has 0 aromatic heterocycles. The molecule has 6 rings (SSSR count). The second-order valence-electron chi connectivity index (χ2n) is 10.6. The molecule has 0 unspecified atom stereocenters. The van der Waals surface area contributed by atoms with Gasteiger partial charge in [-0.2, -0.15) is 0 Å². The van der Waals surface area contributed by atoms with Crippen molar-refractivity contribution in [2.75, 3.05) is 6.26 Å². The third-order valence-electron chi connectivity index (χ3n) is 8.34. The third kappa shape index (κ3) is 4.38. The van der Waals surface area contributed by atoms with E-state index < -0.39 is 5.60 Å². The van der Waals surface area contributed by atoms with Crippen LogP contribution in [0, 0.1) is 17.8 Å². The fourth-order valence-electron chi connectivity index (χ4n) is 7.14. The Kier molecular flexibility index (Phi) is 5.58. The molecule has 5 fully saturated rings. The summed E-state index contributed by atoms with van der Waals surface area (Å²) in [4.78, 5) is 26.2. The second kappa shape index (κ2) is 8.11. The minimum atomic E-state index is -0.470. The number of carbonyl (C=O) groups excluding carboxylic acids is 2. The van der Waals surface area contributed by atoms with Crippen molar-refractivity contribution in [2.24, 2.45) is 17.8 Å². The highest BCUT2D eigenvalue weighted by atomic mass is 32.2. The average Bonchev–Trinajstić information content (AvgIpc) is 3.09. The van der Waals surface area contributed by atoms with Crippen molar-refractivity contribution in [1.82, 2.24) is 10.6 Å². The summed E-state index contributed by atoms with van der Waals surface area (Å²) in [6.07, 6.45) is 10.2. The van der Waals surface area contributed by atoms with Crippen LogP contribution in [0.5, 0.6) is 0 Å². The van der Waals surface area contributed by atoms with Crippen LogP contribution in [0.15, 0.2) is 29.2 Å². The highest BCUT2D eigenvalue weighted by Gasteiger charge is 2.55. The molecular formula is C25H34N2O3S. The fourth-order valence-corrected chi connectivity index (χ4v) is 7.55. The van der Waals surface area contributed by atoms with Crippen LogP contribution in [0.4, 0.5) is 0 Å². The SMILES string of the molecule is CSc1ccc(C[C@@]2(CCC(=O)NC3[C@H]4CC5C[C@H]3CC(O)(C5)C4)CCC(=O)N2)cc1. The van der Waals surface area contributed by atoms with Gasteiger partial charge in [0.05, 0.1) is 5.60 Å². The molecule has 2 amide bonds. The summed E-state index contributed by atoms with van der Waals surface area (Å²) in [5.74, 6) is 1.69. The minimum absolute atomic E-state index is 0.0930. The Morgan fingerprint density at radius 2 is 1.90 bits per heavy atom. The Bertz CT molecular complexity index is 841. The van der Waals surface area contributed by atoms with E-state index in [9.17, 15) is 14.7 Å². The van der Waals surface area contributed by atoms with Gasteiger partial charge >= 0.3 is 0 Å². The van der Waals surface area contributed by atoms with Crippen molar-refractivity contribution in [3.05, 3.63) is 29.8 Å². The zero-order valence-electron chi connectivity index (χ0n) is 18.4. The molecular weight excluding hydrogens is 408 g/mol. The third-order valence-corrected chi connectivity index (χ3v) is 9.08. The molecule has 5 aliphatic rings. The number of hydrogen-bond acceptors (Lipinski definition) is 4. The first-order valence-electron chi connectivity index (χ1n) is 11.8. The van der Waals surface area contributed by atoms with Gasteiger partial charge in [-0.3, -0.25) is 9.59 Å². The van der Waals surface area contributed by atoms with Gasteiger partial charge in [0.15, 0.2) is 0 Å². The lowest BCUT2D eigenvalue weighted by Gasteiger charge is -2.58. The number of thioether (sulfide) groups is 1. The van der Waals surface area contributed by atoms with Crippen molar-refractivity contribution >= 4 is 23.6 Å². The van der Waals surface area contributed by atoms with E-state index in [0.717, 1.165) is 44.9 Å². The largest absolute Gasteiger partial charge is 0.390 e. The van der Waals surface area contributed by atoms with E-state index in [-0.39, 0.29) is 23.4 Å². The Morgan fingerprint density at radius 1 is 1.19 bits per heavy atom. The lowest BCUT2D eigenvalue weighted by Crippen LogP contribution is -2.61. The highest BCUT2D eigenvalue weighted by molar-refractivity contribution is 7.98. The van der Waals surface area contributed by atoms with E-state index in [1.807, 2.05) is 0 Å². The fraction of sp³-hybridized carbons (Fsp3) is 0.680. The van der Waals surface area contributed by atoms with E-state index in [0.29, 0.717) is 37.0 Å². The Morgan fingerprint density at radius 3 is 2.48 bits per heavy atom. The summed E-state index contributed by atoms with van der Waals surface area (Å²) >= 11 is 1.72. The van der Waals surface area contributed by atoms with Crippen LogP contribution < -0.4 is 10.6 Å². The predicted molar refractivity (Wildman–Crippen MR) is 122 cm³/mol. The molecule has 4 aliphatic carbocycles. The van der Waals surface area contributed by atoms with Crippen LogP contribution in [0.2, 0.25) is 0 Å². The molecule has 3 N–H and O–H groups in total. The molecule has 6 heteroatoms. The molecule has 1 saturated heterocycles. The first-order valence-corrected chi connectivity index (χ1v) is 13.0. The van der Waals surface area contributed by atoms with Crippen molar-refractivity contribution in [2.45, 2.75) is 86.3 Å². The van der Waals surface area contributed by atoms with E-state index in [1.54, 1.807) is 11.8 Å². The molecule has 1 aromatic rings. The molecule has 0 radical (unpaired) electrons. The van der Waals surface area contributed by atoms with Gasteiger partial charge in [-0.1, -0.05) is 12.1 Å². The normalized spacial score (nSPS) is 38.3. The van der Waals surface area contributed by atoms with Gasteiger partial charge in [0.1, 0.15) is 0 Å². The van der Waals surface area contributed by atoms with Crippen LogP contribution in [0.3, 0.4) is 0 Å². The lowest BCUT2D eigenvalue weighted by molar-refractivity contribution is -0.146. The number of nitrogens with one attached hydrogen (secondary N) is 2.